The Morgan fingerprint density at radius 3 is 2.53 bits per heavy atom. The summed E-state index contributed by atoms with van der Waals surface area (Å²) in [7, 11) is 0. The molecule has 1 aromatic rings. The van der Waals surface area contributed by atoms with Gasteiger partial charge in [0.15, 0.2) is 0 Å². The number of aliphatic hydroxyl groups excluding tert-OH is 1. The number of hydrogen-bond donors (Lipinski definition) is 1. The molecule has 0 bridgehead atoms. The molecule has 0 aliphatic heterocycles. The summed E-state index contributed by atoms with van der Waals surface area (Å²) >= 11 is 2.82. The number of carbonyl (C=O) groups excluding carboxylic acids is 1. The molecule has 0 aliphatic rings. The standard InChI is InChI=1S/C12H13BrF3NO2/c1-2-17(5-6-18)11(19)8-3-4-10(13)9(7-8)12(14,15)16/h3-4,7,18H,2,5-6H2,1H3. The quantitative estimate of drug-likeness (QED) is 0.916. The van der Waals surface area contributed by atoms with Crippen molar-refractivity contribution in [3.63, 3.8) is 0 Å². The average molecular weight is 340 g/mol. The zero-order valence-corrected chi connectivity index (χ0v) is 11.8. The van der Waals surface area contributed by atoms with E-state index in [1.807, 2.05) is 0 Å². The zero-order valence-electron chi connectivity index (χ0n) is 10.2. The van der Waals surface area contributed by atoms with Gasteiger partial charge in [-0.2, -0.15) is 13.2 Å². The van der Waals surface area contributed by atoms with Crippen LogP contribution in [0.5, 0.6) is 0 Å². The number of aliphatic hydroxyl groups is 1. The van der Waals surface area contributed by atoms with Crippen LogP contribution >= 0.6 is 15.9 Å². The van der Waals surface area contributed by atoms with Crippen molar-refractivity contribution in [1.82, 2.24) is 4.90 Å². The average Bonchev–Trinajstić information content (AvgIpc) is 2.34. The predicted molar refractivity (Wildman–Crippen MR) is 67.8 cm³/mol. The normalized spacial score (nSPS) is 11.5. The molecule has 19 heavy (non-hydrogen) atoms. The first-order chi connectivity index (χ1) is 8.81. The number of hydrogen-bond acceptors (Lipinski definition) is 2. The van der Waals surface area contributed by atoms with Gasteiger partial charge in [-0.05, 0) is 25.1 Å². The van der Waals surface area contributed by atoms with E-state index in [0.29, 0.717) is 6.54 Å². The lowest BCUT2D eigenvalue weighted by atomic mass is 10.1. The maximum absolute atomic E-state index is 12.7. The highest BCUT2D eigenvalue weighted by Crippen LogP contribution is 2.35. The van der Waals surface area contributed by atoms with E-state index in [4.69, 9.17) is 5.11 Å². The molecule has 0 heterocycles. The van der Waals surface area contributed by atoms with Gasteiger partial charge in [-0.1, -0.05) is 15.9 Å². The topological polar surface area (TPSA) is 40.5 Å². The molecule has 106 valence electrons. The van der Waals surface area contributed by atoms with Gasteiger partial charge >= 0.3 is 6.18 Å². The van der Waals surface area contributed by atoms with Gasteiger partial charge in [0.2, 0.25) is 0 Å². The van der Waals surface area contributed by atoms with Crippen molar-refractivity contribution in [3.8, 4) is 0 Å². The van der Waals surface area contributed by atoms with Crippen LogP contribution in [-0.4, -0.2) is 35.6 Å². The molecule has 0 spiro atoms. The Bertz CT molecular complexity index is 463. The van der Waals surface area contributed by atoms with Crippen molar-refractivity contribution in [2.24, 2.45) is 0 Å². The molecule has 0 saturated heterocycles. The van der Waals surface area contributed by atoms with E-state index in [0.717, 1.165) is 6.07 Å². The Hall–Kier alpha value is -1.08. The van der Waals surface area contributed by atoms with Gasteiger partial charge in [-0.15, -0.1) is 0 Å². The second-order valence-electron chi connectivity index (χ2n) is 3.80. The Morgan fingerprint density at radius 2 is 2.05 bits per heavy atom. The van der Waals surface area contributed by atoms with Crippen LogP contribution in [0.3, 0.4) is 0 Å². The predicted octanol–water partition coefficient (Wildman–Crippen LogP) is 2.92. The van der Waals surface area contributed by atoms with Gasteiger partial charge in [-0.25, -0.2) is 0 Å². The van der Waals surface area contributed by atoms with E-state index in [9.17, 15) is 18.0 Å². The molecule has 0 aromatic heterocycles. The molecule has 0 unspecified atom stereocenters. The van der Waals surface area contributed by atoms with Crippen LogP contribution in [0, 0.1) is 0 Å². The summed E-state index contributed by atoms with van der Waals surface area (Å²) in [6.07, 6.45) is -4.52. The number of nitrogens with zero attached hydrogens (tertiary/aromatic N) is 1. The number of likely N-dealkylation sites (N-methyl/N-ethyl adjacent to an activating group) is 1. The Labute approximate surface area is 117 Å². The molecular formula is C12H13BrF3NO2. The van der Waals surface area contributed by atoms with E-state index in [1.165, 1.54) is 17.0 Å². The van der Waals surface area contributed by atoms with Crippen LogP contribution in [0.4, 0.5) is 13.2 Å². The van der Waals surface area contributed by atoms with Gasteiger partial charge in [0.25, 0.3) is 5.91 Å². The maximum atomic E-state index is 12.7. The minimum Gasteiger partial charge on any atom is -0.395 e. The van der Waals surface area contributed by atoms with Gasteiger partial charge < -0.3 is 10.0 Å². The van der Waals surface area contributed by atoms with Gasteiger partial charge in [0.1, 0.15) is 0 Å². The number of halogens is 4. The molecule has 1 amide bonds. The lowest BCUT2D eigenvalue weighted by Gasteiger charge is -2.20. The van der Waals surface area contributed by atoms with Crippen molar-refractivity contribution >= 4 is 21.8 Å². The molecule has 0 fully saturated rings. The number of carbonyl (C=O) groups is 1. The van der Waals surface area contributed by atoms with Crippen molar-refractivity contribution < 1.29 is 23.1 Å². The second-order valence-corrected chi connectivity index (χ2v) is 4.66. The minimum absolute atomic E-state index is 0.0502. The summed E-state index contributed by atoms with van der Waals surface area (Å²) < 4.78 is 38.1. The number of benzene rings is 1. The SMILES string of the molecule is CCN(CCO)C(=O)c1ccc(Br)c(C(F)(F)F)c1. The van der Waals surface area contributed by atoms with E-state index >= 15 is 0 Å². The Morgan fingerprint density at radius 1 is 1.42 bits per heavy atom. The highest BCUT2D eigenvalue weighted by atomic mass is 79.9. The van der Waals surface area contributed by atoms with Crippen LogP contribution in [0.25, 0.3) is 0 Å². The molecule has 0 atom stereocenters. The van der Waals surface area contributed by atoms with Crippen LogP contribution in [0.1, 0.15) is 22.8 Å². The smallest absolute Gasteiger partial charge is 0.395 e. The molecule has 1 aromatic carbocycles. The van der Waals surface area contributed by atoms with Gasteiger partial charge in [0.05, 0.1) is 12.2 Å². The molecular weight excluding hydrogens is 327 g/mol. The van der Waals surface area contributed by atoms with Crippen LogP contribution in [-0.2, 0) is 6.18 Å². The Balaban J connectivity index is 3.12. The van der Waals surface area contributed by atoms with E-state index in [-0.39, 0.29) is 23.2 Å². The number of alkyl halides is 3. The van der Waals surface area contributed by atoms with Gasteiger partial charge in [-0.3, -0.25) is 4.79 Å². The fourth-order valence-electron chi connectivity index (χ4n) is 1.58. The maximum Gasteiger partial charge on any atom is 0.417 e. The van der Waals surface area contributed by atoms with E-state index in [2.05, 4.69) is 15.9 Å². The van der Waals surface area contributed by atoms with Crippen LogP contribution < -0.4 is 0 Å². The molecule has 0 saturated carbocycles. The first-order valence-electron chi connectivity index (χ1n) is 5.58. The molecule has 7 heteroatoms. The summed E-state index contributed by atoms with van der Waals surface area (Å²) in [5, 5.41) is 8.81. The zero-order chi connectivity index (χ0) is 14.6. The van der Waals surface area contributed by atoms with Crippen LogP contribution in [0.2, 0.25) is 0 Å². The summed E-state index contributed by atoms with van der Waals surface area (Å²) in [4.78, 5) is 13.3. The van der Waals surface area contributed by atoms with Crippen molar-refractivity contribution in [2.75, 3.05) is 19.7 Å². The first-order valence-corrected chi connectivity index (χ1v) is 6.37. The van der Waals surface area contributed by atoms with E-state index < -0.39 is 17.6 Å². The van der Waals surface area contributed by atoms with Crippen molar-refractivity contribution in [3.05, 3.63) is 33.8 Å². The molecule has 1 rings (SSSR count). The second kappa shape index (κ2) is 6.38. The lowest BCUT2D eigenvalue weighted by Crippen LogP contribution is -2.33. The van der Waals surface area contributed by atoms with Crippen molar-refractivity contribution in [2.45, 2.75) is 13.1 Å². The monoisotopic (exact) mass is 339 g/mol. The fraction of sp³-hybridized carbons (Fsp3) is 0.417. The molecule has 1 N–H and O–H groups in total. The highest BCUT2D eigenvalue weighted by Gasteiger charge is 2.33. The number of rotatable bonds is 4. The Kier molecular flexibility index (Phi) is 5.37. The summed E-state index contributed by atoms with van der Waals surface area (Å²) in [5.41, 5.74) is -0.941. The largest absolute Gasteiger partial charge is 0.417 e. The van der Waals surface area contributed by atoms with Crippen molar-refractivity contribution in [1.29, 1.82) is 0 Å². The van der Waals surface area contributed by atoms with Gasteiger partial charge in [0, 0.05) is 23.1 Å². The lowest BCUT2D eigenvalue weighted by molar-refractivity contribution is -0.138. The third-order valence-corrected chi connectivity index (χ3v) is 3.25. The molecule has 0 radical (unpaired) electrons. The molecule has 3 nitrogen and oxygen atoms in total. The summed E-state index contributed by atoms with van der Waals surface area (Å²) in [6.45, 7) is 1.86. The minimum atomic E-state index is -4.52. The summed E-state index contributed by atoms with van der Waals surface area (Å²) in [5.74, 6) is -0.533. The summed E-state index contributed by atoms with van der Waals surface area (Å²) in [6, 6.07) is 3.33. The third kappa shape index (κ3) is 3.94. The fourth-order valence-corrected chi connectivity index (χ4v) is 2.05. The van der Waals surface area contributed by atoms with Crippen LogP contribution in [0.15, 0.2) is 22.7 Å². The van der Waals surface area contributed by atoms with E-state index in [1.54, 1.807) is 6.92 Å². The molecule has 0 aliphatic carbocycles. The number of amides is 1. The highest BCUT2D eigenvalue weighted by molar-refractivity contribution is 9.10. The first kappa shape index (κ1) is 16.0. The third-order valence-electron chi connectivity index (χ3n) is 2.56.